The molecule has 0 aliphatic carbocycles. The monoisotopic (exact) mass is 352 g/mol. The number of carbonyl (C=O) groups is 1. The van der Waals surface area contributed by atoms with Crippen LogP contribution in [-0.2, 0) is 16.1 Å². The summed E-state index contributed by atoms with van der Waals surface area (Å²) in [5, 5.41) is 0. The fourth-order valence-corrected chi connectivity index (χ4v) is 4.15. The van der Waals surface area contributed by atoms with E-state index in [-0.39, 0.29) is 11.9 Å². The van der Waals surface area contributed by atoms with Gasteiger partial charge in [-0.3, -0.25) is 9.69 Å². The van der Waals surface area contributed by atoms with Crippen LogP contribution in [-0.4, -0.2) is 55.1 Å². The summed E-state index contributed by atoms with van der Waals surface area (Å²) in [7, 11) is 1.67. The van der Waals surface area contributed by atoms with Crippen molar-refractivity contribution >= 4 is 5.91 Å². The topological polar surface area (TPSA) is 32.8 Å². The third-order valence-corrected chi connectivity index (χ3v) is 5.40. The second-order valence-corrected chi connectivity index (χ2v) is 7.04. The number of methoxy groups -OCH3 is 1. The Balaban J connectivity index is 1.61. The fraction of sp³-hybridized carbons (Fsp3) is 0.632. The van der Waals surface area contributed by atoms with Gasteiger partial charge in [-0.2, -0.15) is 0 Å². The van der Waals surface area contributed by atoms with Crippen LogP contribution in [0.15, 0.2) is 18.2 Å². The lowest BCUT2D eigenvalue weighted by atomic mass is 9.83. The lowest BCUT2D eigenvalue weighted by Gasteiger charge is -2.47. The first-order valence-electron chi connectivity index (χ1n) is 9.03. The molecule has 2 saturated heterocycles. The third kappa shape index (κ3) is 4.18. The van der Waals surface area contributed by atoms with Gasteiger partial charge in [0.15, 0.2) is 11.6 Å². The quantitative estimate of drug-likeness (QED) is 0.738. The molecule has 3 rings (SSSR count). The van der Waals surface area contributed by atoms with E-state index in [0.717, 1.165) is 45.0 Å². The summed E-state index contributed by atoms with van der Waals surface area (Å²) in [5.74, 6) is -0.891. The molecule has 0 spiro atoms. The standard InChI is InChI=1S/C19H26F2N2O2/c1-25-11-3-9-23-17-8-10-22(12-14(17)6-7-18(23)24)13-15-4-2-5-16(20)19(15)21/h2,4-5,14,17H,3,6-13H2,1H3/t14-,17+/m0/s1. The van der Waals surface area contributed by atoms with Crippen molar-refractivity contribution in [3.8, 4) is 0 Å². The molecule has 2 heterocycles. The zero-order valence-corrected chi connectivity index (χ0v) is 14.7. The zero-order valence-electron chi connectivity index (χ0n) is 14.7. The highest BCUT2D eigenvalue weighted by Gasteiger charge is 2.38. The van der Waals surface area contributed by atoms with Gasteiger partial charge in [0.1, 0.15) is 0 Å². The summed E-state index contributed by atoms with van der Waals surface area (Å²) in [6, 6.07) is 4.62. The van der Waals surface area contributed by atoms with E-state index in [9.17, 15) is 13.6 Å². The third-order valence-electron chi connectivity index (χ3n) is 5.40. The first-order valence-corrected chi connectivity index (χ1v) is 9.03. The largest absolute Gasteiger partial charge is 0.385 e. The molecule has 2 fully saturated rings. The SMILES string of the molecule is COCCCN1C(=O)CC[C@H]2CN(Cc3cccc(F)c3F)CC[C@H]21. The van der Waals surface area contributed by atoms with Gasteiger partial charge < -0.3 is 9.64 Å². The molecule has 138 valence electrons. The van der Waals surface area contributed by atoms with Crippen LogP contribution in [0.4, 0.5) is 8.78 Å². The maximum atomic E-state index is 13.9. The van der Waals surface area contributed by atoms with Gasteiger partial charge >= 0.3 is 0 Å². The lowest BCUT2D eigenvalue weighted by molar-refractivity contribution is -0.141. The zero-order chi connectivity index (χ0) is 17.8. The second kappa shape index (κ2) is 8.23. The molecule has 0 bridgehead atoms. The van der Waals surface area contributed by atoms with Gasteiger partial charge in [-0.25, -0.2) is 8.78 Å². The number of fused-ring (bicyclic) bond motifs is 1. The number of hydrogen-bond acceptors (Lipinski definition) is 3. The molecular formula is C19H26F2N2O2. The van der Waals surface area contributed by atoms with Crippen LogP contribution in [0.1, 0.15) is 31.2 Å². The number of hydrogen-bond donors (Lipinski definition) is 0. The summed E-state index contributed by atoms with van der Waals surface area (Å²) >= 11 is 0. The van der Waals surface area contributed by atoms with E-state index in [1.54, 1.807) is 19.2 Å². The molecule has 2 aliphatic heterocycles. The van der Waals surface area contributed by atoms with Crippen molar-refractivity contribution in [3.05, 3.63) is 35.4 Å². The Morgan fingerprint density at radius 2 is 2.12 bits per heavy atom. The number of nitrogens with zero attached hydrogens (tertiary/aromatic N) is 2. The highest BCUT2D eigenvalue weighted by Crippen LogP contribution is 2.32. The van der Waals surface area contributed by atoms with Crippen LogP contribution in [0.5, 0.6) is 0 Å². The fourth-order valence-electron chi connectivity index (χ4n) is 4.15. The molecule has 1 amide bonds. The minimum Gasteiger partial charge on any atom is -0.385 e. The number of carbonyl (C=O) groups excluding carboxylic acids is 1. The molecule has 2 aliphatic rings. The molecule has 0 unspecified atom stereocenters. The number of piperidine rings is 2. The van der Waals surface area contributed by atoms with Crippen LogP contribution in [0.25, 0.3) is 0 Å². The molecule has 1 aromatic carbocycles. The van der Waals surface area contributed by atoms with E-state index in [1.807, 2.05) is 4.90 Å². The average molecular weight is 352 g/mol. The molecule has 0 radical (unpaired) electrons. The summed E-state index contributed by atoms with van der Waals surface area (Å²) in [6.45, 7) is 3.45. The highest BCUT2D eigenvalue weighted by molar-refractivity contribution is 5.77. The Bertz CT molecular complexity index is 611. The number of rotatable bonds is 6. The van der Waals surface area contributed by atoms with Crippen LogP contribution in [0.2, 0.25) is 0 Å². The van der Waals surface area contributed by atoms with E-state index < -0.39 is 11.6 Å². The number of benzene rings is 1. The molecule has 25 heavy (non-hydrogen) atoms. The molecule has 0 saturated carbocycles. The summed E-state index contributed by atoms with van der Waals surface area (Å²) < 4.78 is 32.4. The highest BCUT2D eigenvalue weighted by atomic mass is 19.2. The van der Waals surface area contributed by atoms with Gasteiger partial charge in [0.25, 0.3) is 0 Å². The maximum absolute atomic E-state index is 13.9. The molecule has 0 N–H and O–H groups in total. The van der Waals surface area contributed by atoms with E-state index in [4.69, 9.17) is 4.74 Å². The maximum Gasteiger partial charge on any atom is 0.222 e. The van der Waals surface area contributed by atoms with Gasteiger partial charge in [-0.1, -0.05) is 12.1 Å². The average Bonchev–Trinajstić information content (AvgIpc) is 2.61. The predicted octanol–water partition coefficient (Wildman–Crippen LogP) is 2.81. The second-order valence-electron chi connectivity index (χ2n) is 7.04. The first kappa shape index (κ1) is 18.3. The van der Waals surface area contributed by atoms with Gasteiger partial charge in [0.2, 0.25) is 5.91 Å². The van der Waals surface area contributed by atoms with Crippen molar-refractivity contribution < 1.29 is 18.3 Å². The number of halogens is 2. The van der Waals surface area contributed by atoms with Crippen LogP contribution in [0.3, 0.4) is 0 Å². The Kier molecular flexibility index (Phi) is 6.02. The molecule has 2 atom stereocenters. The van der Waals surface area contributed by atoms with E-state index in [2.05, 4.69) is 4.90 Å². The Hall–Kier alpha value is -1.53. The molecule has 4 nitrogen and oxygen atoms in total. The van der Waals surface area contributed by atoms with Crippen molar-refractivity contribution in [2.75, 3.05) is 33.4 Å². The lowest BCUT2D eigenvalue weighted by Crippen LogP contribution is -2.56. The minimum atomic E-state index is -0.792. The van der Waals surface area contributed by atoms with Crippen LogP contribution in [0, 0.1) is 17.6 Å². The van der Waals surface area contributed by atoms with Crippen molar-refractivity contribution in [2.45, 2.75) is 38.3 Å². The summed E-state index contributed by atoms with van der Waals surface area (Å²) in [4.78, 5) is 16.5. The van der Waals surface area contributed by atoms with Crippen LogP contribution < -0.4 is 0 Å². The molecule has 1 aromatic rings. The van der Waals surface area contributed by atoms with E-state index >= 15 is 0 Å². The molecule has 0 aromatic heterocycles. The molecule has 6 heteroatoms. The number of ether oxygens (including phenoxy) is 1. The predicted molar refractivity (Wildman–Crippen MR) is 91.0 cm³/mol. The van der Waals surface area contributed by atoms with E-state index in [0.29, 0.717) is 31.1 Å². The van der Waals surface area contributed by atoms with Gasteiger partial charge in [-0.05, 0) is 31.2 Å². The smallest absolute Gasteiger partial charge is 0.222 e. The van der Waals surface area contributed by atoms with Gasteiger partial charge in [0.05, 0.1) is 0 Å². The first-order chi connectivity index (χ1) is 12.1. The Morgan fingerprint density at radius 3 is 2.92 bits per heavy atom. The van der Waals surface area contributed by atoms with Crippen LogP contribution >= 0.6 is 0 Å². The van der Waals surface area contributed by atoms with Gasteiger partial charge in [0, 0.05) is 57.9 Å². The minimum absolute atomic E-state index is 0.238. The number of amides is 1. The Morgan fingerprint density at radius 1 is 1.28 bits per heavy atom. The van der Waals surface area contributed by atoms with Crippen molar-refractivity contribution in [1.29, 1.82) is 0 Å². The summed E-state index contributed by atoms with van der Waals surface area (Å²) in [6.07, 6.45) is 3.20. The van der Waals surface area contributed by atoms with Crippen molar-refractivity contribution in [3.63, 3.8) is 0 Å². The Labute approximate surface area is 147 Å². The number of likely N-dealkylation sites (tertiary alicyclic amines) is 2. The normalized spacial score (nSPS) is 24.4. The van der Waals surface area contributed by atoms with E-state index in [1.165, 1.54) is 0 Å². The van der Waals surface area contributed by atoms with Crippen molar-refractivity contribution in [2.24, 2.45) is 5.92 Å². The summed E-state index contributed by atoms with van der Waals surface area (Å²) in [5.41, 5.74) is 0.405. The van der Waals surface area contributed by atoms with Crippen molar-refractivity contribution in [1.82, 2.24) is 9.80 Å². The molecular weight excluding hydrogens is 326 g/mol. The van der Waals surface area contributed by atoms with Gasteiger partial charge in [-0.15, -0.1) is 0 Å².